The van der Waals surface area contributed by atoms with E-state index in [4.69, 9.17) is 4.18 Å². The SMILES string of the molecule is Cc1ccc(SOC[C@H](F)Cn2nc(C)n(-c3ccn(C)n3)c2=O)cc1. The number of hydrogen-bond acceptors (Lipinski definition) is 5. The van der Waals surface area contributed by atoms with Gasteiger partial charge in [0.05, 0.1) is 13.2 Å². The van der Waals surface area contributed by atoms with Crippen molar-refractivity contribution in [2.45, 2.75) is 31.5 Å². The maximum Gasteiger partial charge on any atom is 0.351 e. The second-order valence-electron chi connectivity index (χ2n) is 5.97. The molecule has 0 N–H and O–H groups in total. The van der Waals surface area contributed by atoms with Crippen molar-refractivity contribution in [1.82, 2.24) is 24.1 Å². The molecule has 1 aromatic carbocycles. The fourth-order valence-electron chi connectivity index (χ4n) is 2.43. The topological polar surface area (TPSA) is 66.9 Å². The molecule has 26 heavy (non-hydrogen) atoms. The Hall–Kier alpha value is -2.39. The standard InChI is InChI=1S/C17H20FN5O2S/c1-12-4-6-15(7-5-12)26-25-11-14(18)10-22-17(24)23(13(2)19-22)16-8-9-21(3)20-16/h4-9,14H,10-11H2,1-3H3/t14-/m1/s1. The number of nitrogens with zero attached hydrogens (tertiary/aromatic N) is 5. The summed E-state index contributed by atoms with van der Waals surface area (Å²) >= 11 is 1.11. The minimum absolute atomic E-state index is 0.138. The molecule has 2 heterocycles. The number of hydrogen-bond donors (Lipinski definition) is 0. The van der Waals surface area contributed by atoms with Crippen LogP contribution in [-0.4, -0.2) is 36.9 Å². The van der Waals surface area contributed by atoms with Crippen LogP contribution in [0.15, 0.2) is 46.2 Å². The van der Waals surface area contributed by atoms with Crippen molar-refractivity contribution in [3.63, 3.8) is 0 Å². The van der Waals surface area contributed by atoms with Crippen molar-refractivity contribution in [2.24, 2.45) is 7.05 Å². The van der Waals surface area contributed by atoms with Crippen LogP contribution < -0.4 is 5.69 Å². The summed E-state index contributed by atoms with van der Waals surface area (Å²) in [7, 11) is 1.76. The summed E-state index contributed by atoms with van der Waals surface area (Å²) in [6.07, 6.45) is 0.379. The summed E-state index contributed by atoms with van der Waals surface area (Å²) in [5, 5.41) is 8.32. The van der Waals surface area contributed by atoms with Gasteiger partial charge in [0, 0.05) is 36.2 Å². The summed E-state index contributed by atoms with van der Waals surface area (Å²) < 4.78 is 23.6. The number of halogens is 1. The molecule has 9 heteroatoms. The molecule has 7 nitrogen and oxygen atoms in total. The van der Waals surface area contributed by atoms with Crippen LogP contribution in [0.2, 0.25) is 0 Å². The maximum absolute atomic E-state index is 14.2. The summed E-state index contributed by atoms with van der Waals surface area (Å²) in [5.41, 5.74) is 0.728. The van der Waals surface area contributed by atoms with Gasteiger partial charge in [0.2, 0.25) is 0 Å². The Bertz CT molecular complexity index is 932. The Labute approximate surface area is 154 Å². The van der Waals surface area contributed by atoms with Gasteiger partial charge in [0.25, 0.3) is 0 Å². The van der Waals surface area contributed by atoms with E-state index in [1.165, 1.54) is 4.57 Å². The highest BCUT2D eigenvalue weighted by Gasteiger charge is 2.17. The normalized spacial score (nSPS) is 12.5. The predicted octanol–water partition coefficient (Wildman–Crippen LogP) is 2.45. The van der Waals surface area contributed by atoms with E-state index in [1.807, 2.05) is 31.2 Å². The minimum atomic E-state index is -1.35. The molecule has 1 atom stereocenters. The molecule has 2 aromatic heterocycles. The molecule has 0 bridgehead atoms. The van der Waals surface area contributed by atoms with E-state index < -0.39 is 11.9 Å². The van der Waals surface area contributed by atoms with Crippen LogP contribution in [0.1, 0.15) is 11.4 Å². The van der Waals surface area contributed by atoms with Crippen molar-refractivity contribution >= 4 is 12.0 Å². The van der Waals surface area contributed by atoms with Crippen LogP contribution in [0.25, 0.3) is 5.82 Å². The van der Waals surface area contributed by atoms with E-state index in [1.54, 1.807) is 30.9 Å². The molecule has 3 rings (SSSR count). The lowest BCUT2D eigenvalue weighted by atomic mass is 10.2. The van der Waals surface area contributed by atoms with Crippen molar-refractivity contribution < 1.29 is 8.57 Å². The number of alkyl halides is 1. The first-order chi connectivity index (χ1) is 12.4. The quantitative estimate of drug-likeness (QED) is 0.592. The van der Waals surface area contributed by atoms with Crippen LogP contribution in [-0.2, 0) is 17.8 Å². The lowest BCUT2D eigenvalue weighted by Gasteiger charge is -2.08. The monoisotopic (exact) mass is 377 g/mol. The zero-order chi connectivity index (χ0) is 18.7. The molecule has 0 saturated heterocycles. The Morgan fingerprint density at radius 3 is 2.58 bits per heavy atom. The second kappa shape index (κ2) is 7.88. The average molecular weight is 377 g/mol. The molecule has 0 aliphatic carbocycles. The molecule has 0 unspecified atom stereocenters. The Kier molecular flexibility index (Phi) is 5.58. The van der Waals surface area contributed by atoms with Crippen molar-refractivity contribution in [3.8, 4) is 5.82 Å². The van der Waals surface area contributed by atoms with Gasteiger partial charge in [-0.25, -0.2) is 18.4 Å². The Morgan fingerprint density at radius 2 is 1.92 bits per heavy atom. The lowest BCUT2D eigenvalue weighted by Crippen LogP contribution is -2.29. The van der Waals surface area contributed by atoms with Gasteiger partial charge in [-0.3, -0.25) is 4.68 Å². The number of aryl methyl sites for hydroxylation is 3. The lowest BCUT2D eigenvalue weighted by molar-refractivity contribution is 0.192. The van der Waals surface area contributed by atoms with Gasteiger partial charge in [0.1, 0.15) is 12.0 Å². The summed E-state index contributed by atoms with van der Waals surface area (Å²) in [5.74, 6) is 0.915. The van der Waals surface area contributed by atoms with E-state index in [0.717, 1.165) is 27.2 Å². The number of rotatable bonds is 7. The Balaban J connectivity index is 1.60. The van der Waals surface area contributed by atoms with Crippen molar-refractivity contribution in [3.05, 3.63) is 58.4 Å². The molecule has 0 aliphatic heterocycles. The molecule has 0 fully saturated rings. The molecule has 0 aliphatic rings. The summed E-state index contributed by atoms with van der Waals surface area (Å²) in [6, 6.07) is 9.45. The number of aromatic nitrogens is 5. The van der Waals surface area contributed by atoms with E-state index in [0.29, 0.717) is 11.6 Å². The van der Waals surface area contributed by atoms with Gasteiger partial charge in [-0.1, -0.05) is 17.7 Å². The molecule has 0 saturated carbocycles. The molecule has 0 amide bonds. The van der Waals surface area contributed by atoms with Crippen molar-refractivity contribution in [2.75, 3.05) is 6.61 Å². The molecule has 0 radical (unpaired) electrons. The Morgan fingerprint density at radius 1 is 1.19 bits per heavy atom. The molecule has 138 valence electrons. The van der Waals surface area contributed by atoms with Crippen LogP contribution in [0.4, 0.5) is 4.39 Å². The van der Waals surface area contributed by atoms with Crippen LogP contribution in [0, 0.1) is 13.8 Å². The average Bonchev–Trinajstić information content (AvgIpc) is 3.13. The van der Waals surface area contributed by atoms with Gasteiger partial charge in [-0.15, -0.1) is 0 Å². The fraction of sp³-hybridized carbons (Fsp3) is 0.353. The molecule has 0 spiro atoms. The smallest absolute Gasteiger partial charge is 0.307 e. The van der Waals surface area contributed by atoms with E-state index in [9.17, 15) is 9.18 Å². The molecular weight excluding hydrogens is 357 g/mol. The first-order valence-corrected chi connectivity index (χ1v) is 8.85. The van der Waals surface area contributed by atoms with Crippen LogP contribution in [0.5, 0.6) is 0 Å². The van der Waals surface area contributed by atoms with Crippen LogP contribution in [0.3, 0.4) is 0 Å². The third-order valence-electron chi connectivity index (χ3n) is 3.73. The predicted molar refractivity (Wildman–Crippen MR) is 97.2 cm³/mol. The summed E-state index contributed by atoms with van der Waals surface area (Å²) in [6.45, 7) is 3.37. The largest absolute Gasteiger partial charge is 0.351 e. The molecule has 3 aromatic rings. The maximum atomic E-state index is 14.2. The highest BCUT2D eigenvalue weighted by molar-refractivity contribution is 7.94. The summed E-state index contributed by atoms with van der Waals surface area (Å²) in [4.78, 5) is 13.4. The van der Waals surface area contributed by atoms with Crippen molar-refractivity contribution in [1.29, 1.82) is 0 Å². The van der Waals surface area contributed by atoms with Gasteiger partial charge >= 0.3 is 5.69 Å². The molecular formula is C17H20FN5O2S. The third-order valence-corrected chi connectivity index (χ3v) is 4.44. The van der Waals surface area contributed by atoms with Crippen LogP contribution >= 0.6 is 12.0 Å². The first kappa shape index (κ1) is 18.4. The van der Waals surface area contributed by atoms with Gasteiger partial charge < -0.3 is 4.18 Å². The van der Waals surface area contributed by atoms with Gasteiger partial charge in [-0.2, -0.15) is 10.2 Å². The van der Waals surface area contributed by atoms with E-state index in [2.05, 4.69) is 10.2 Å². The zero-order valence-electron chi connectivity index (χ0n) is 14.8. The minimum Gasteiger partial charge on any atom is -0.307 e. The van der Waals surface area contributed by atoms with E-state index in [-0.39, 0.29) is 13.2 Å². The number of benzene rings is 1. The first-order valence-electron chi connectivity index (χ1n) is 8.10. The fourth-order valence-corrected chi connectivity index (χ4v) is 3.03. The van der Waals surface area contributed by atoms with Gasteiger partial charge in [0.15, 0.2) is 5.82 Å². The zero-order valence-corrected chi connectivity index (χ0v) is 15.6. The highest BCUT2D eigenvalue weighted by atomic mass is 32.2. The van der Waals surface area contributed by atoms with E-state index >= 15 is 0 Å². The highest BCUT2D eigenvalue weighted by Crippen LogP contribution is 2.20. The second-order valence-corrected chi connectivity index (χ2v) is 6.85. The third kappa shape index (κ3) is 4.23. The van der Waals surface area contributed by atoms with Gasteiger partial charge in [-0.05, 0) is 26.0 Å².